The van der Waals surface area contributed by atoms with Gasteiger partial charge in [0.15, 0.2) is 0 Å². The van der Waals surface area contributed by atoms with Gasteiger partial charge >= 0.3 is 0 Å². The van der Waals surface area contributed by atoms with Crippen LogP contribution in [0.15, 0.2) is 0 Å². The first-order chi connectivity index (χ1) is 6.74. The molecule has 5 nitrogen and oxygen atoms in total. The second-order valence-electron chi connectivity index (χ2n) is 3.45. The first-order valence-corrected chi connectivity index (χ1v) is 4.89. The Morgan fingerprint density at radius 1 is 1.71 bits per heavy atom. The van der Waals surface area contributed by atoms with Crippen LogP contribution in [0.1, 0.15) is 6.42 Å². The van der Waals surface area contributed by atoms with E-state index in [1.165, 1.54) is 0 Å². The number of nitrogens with one attached hydrogen (secondary N) is 1. The molecule has 1 fully saturated rings. The van der Waals surface area contributed by atoms with Crippen molar-refractivity contribution in [2.24, 2.45) is 0 Å². The van der Waals surface area contributed by atoms with Gasteiger partial charge < -0.3 is 20.1 Å². The van der Waals surface area contributed by atoms with Gasteiger partial charge in [-0.15, -0.1) is 0 Å². The molecule has 0 aromatic heterocycles. The minimum atomic E-state index is -0.335. The molecule has 1 atom stereocenters. The molecule has 0 aromatic rings. The van der Waals surface area contributed by atoms with Crippen LogP contribution in [0.25, 0.3) is 0 Å². The number of aliphatic hydroxyl groups is 1. The van der Waals surface area contributed by atoms with Crippen LogP contribution in [-0.4, -0.2) is 61.9 Å². The minimum Gasteiger partial charge on any atom is -0.391 e. The Labute approximate surface area is 84.0 Å². The number of hydrogen-bond acceptors (Lipinski definition) is 4. The molecule has 0 saturated carbocycles. The zero-order chi connectivity index (χ0) is 10.4. The van der Waals surface area contributed by atoms with Crippen LogP contribution < -0.4 is 5.32 Å². The number of nitrogens with zero attached hydrogens (tertiary/aromatic N) is 1. The van der Waals surface area contributed by atoms with E-state index in [1.54, 1.807) is 12.0 Å². The Hall–Kier alpha value is -0.650. The van der Waals surface area contributed by atoms with Crippen LogP contribution in [-0.2, 0) is 9.53 Å². The zero-order valence-electron chi connectivity index (χ0n) is 8.53. The maximum Gasteiger partial charge on any atom is 0.236 e. The van der Waals surface area contributed by atoms with Crippen LogP contribution in [0, 0.1) is 0 Å². The van der Waals surface area contributed by atoms with Gasteiger partial charge in [0.25, 0.3) is 0 Å². The van der Waals surface area contributed by atoms with Gasteiger partial charge in [0.2, 0.25) is 5.91 Å². The van der Waals surface area contributed by atoms with E-state index >= 15 is 0 Å². The molecule has 1 rings (SSSR count). The highest BCUT2D eigenvalue weighted by Gasteiger charge is 2.23. The van der Waals surface area contributed by atoms with E-state index in [-0.39, 0.29) is 12.0 Å². The number of rotatable bonds is 5. The van der Waals surface area contributed by atoms with Crippen molar-refractivity contribution < 1.29 is 14.6 Å². The third-order valence-corrected chi connectivity index (χ3v) is 2.28. The normalized spacial score (nSPS) is 21.6. The lowest BCUT2D eigenvalue weighted by Crippen LogP contribution is -2.38. The summed E-state index contributed by atoms with van der Waals surface area (Å²) in [5.41, 5.74) is 0. The second kappa shape index (κ2) is 5.95. The number of amides is 1. The average Bonchev–Trinajstić information content (AvgIpc) is 2.59. The van der Waals surface area contributed by atoms with E-state index in [1.807, 2.05) is 0 Å². The van der Waals surface area contributed by atoms with Gasteiger partial charge in [0.1, 0.15) is 0 Å². The van der Waals surface area contributed by atoms with Gasteiger partial charge in [0, 0.05) is 26.7 Å². The number of likely N-dealkylation sites (tertiary alicyclic amines) is 1. The number of β-amino-alcohol motifs (C(OH)–C–C–N with tert-alkyl or cyclic N) is 1. The van der Waals surface area contributed by atoms with Crippen molar-refractivity contribution in [1.82, 2.24) is 10.2 Å². The van der Waals surface area contributed by atoms with E-state index in [4.69, 9.17) is 4.74 Å². The van der Waals surface area contributed by atoms with E-state index in [0.717, 1.165) is 0 Å². The molecule has 2 N–H and O–H groups in total. The summed E-state index contributed by atoms with van der Waals surface area (Å²) < 4.78 is 4.84. The summed E-state index contributed by atoms with van der Waals surface area (Å²) in [6, 6.07) is 0. The Kier molecular flexibility index (Phi) is 4.86. The van der Waals surface area contributed by atoms with E-state index < -0.39 is 0 Å². The van der Waals surface area contributed by atoms with Crippen LogP contribution >= 0.6 is 0 Å². The molecular weight excluding hydrogens is 184 g/mol. The van der Waals surface area contributed by atoms with Gasteiger partial charge in [-0.3, -0.25) is 4.79 Å². The third-order valence-electron chi connectivity index (χ3n) is 2.28. The molecule has 1 aliphatic rings. The van der Waals surface area contributed by atoms with Crippen LogP contribution in [0.4, 0.5) is 0 Å². The first kappa shape index (κ1) is 11.4. The molecule has 0 aromatic carbocycles. The molecule has 0 radical (unpaired) electrons. The fourth-order valence-corrected chi connectivity index (χ4v) is 1.45. The second-order valence-corrected chi connectivity index (χ2v) is 3.45. The summed E-state index contributed by atoms with van der Waals surface area (Å²) >= 11 is 0. The minimum absolute atomic E-state index is 0.0534. The molecule has 1 heterocycles. The molecule has 14 heavy (non-hydrogen) atoms. The molecule has 1 saturated heterocycles. The number of ether oxygens (including phenoxy) is 1. The highest BCUT2D eigenvalue weighted by molar-refractivity contribution is 5.78. The maximum absolute atomic E-state index is 11.5. The maximum atomic E-state index is 11.5. The predicted octanol–water partition coefficient (Wildman–Crippen LogP) is -1.18. The average molecular weight is 202 g/mol. The molecule has 1 aliphatic heterocycles. The third kappa shape index (κ3) is 3.61. The number of hydrogen-bond donors (Lipinski definition) is 2. The molecule has 0 unspecified atom stereocenters. The molecule has 82 valence electrons. The fraction of sp³-hybridized carbons (Fsp3) is 0.889. The van der Waals surface area contributed by atoms with Gasteiger partial charge in [0.05, 0.1) is 19.3 Å². The Bertz CT molecular complexity index is 187. The van der Waals surface area contributed by atoms with E-state index in [2.05, 4.69) is 5.32 Å². The molecule has 0 spiro atoms. The summed E-state index contributed by atoms with van der Waals surface area (Å²) in [4.78, 5) is 13.2. The summed E-state index contributed by atoms with van der Waals surface area (Å²) in [6.45, 7) is 2.77. The highest BCUT2D eigenvalue weighted by Crippen LogP contribution is 2.07. The van der Waals surface area contributed by atoms with E-state index in [9.17, 15) is 9.90 Å². The lowest BCUT2D eigenvalue weighted by molar-refractivity contribution is -0.129. The number of aliphatic hydroxyl groups excluding tert-OH is 1. The van der Waals surface area contributed by atoms with Crippen LogP contribution in [0.5, 0.6) is 0 Å². The summed E-state index contributed by atoms with van der Waals surface area (Å²) in [7, 11) is 1.63. The molecule has 0 bridgehead atoms. The lowest BCUT2D eigenvalue weighted by atomic mass is 10.3. The topological polar surface area (TPSA) is 61.8 Å². The van der Waals surface area contributed by atoms with Crippen molar-refractivity contribution in [3.63, 3.8) is 0 Å². The monoisotopic (exact) mass is 202 g/mol. The lowest BCUT2D eigenvalue weighted by Gasteiger charge is -2.15. The van der Waals surface area contributed by atoms with Crippen molar-refractivity contribution in [2.75, 3.05) is 39.9 Å². The van der Waals surface area contributed by atoms with E-state index in [0.29, 0.717) is 39.2 Å². The van der Waals surface area contributed by atoms with Gasteiger partial charge in [-0.2, -0.15) is 0 Å². The Balaban J connectivity index is 2.09. The fourth-order valence-electron chi connectivity index (χ4n) is 1.45. The molecule has 5 heteroatoms. The smallest absolute Gasteiger partial charge is 0.236 e. The summed E-state index contributed by atoms with van der Waals surface area (Å²) in [5, 5.41) is 12.2. The Morgan fingerprint density at radius 2 is 2.50 bits per heavy atom. The first-order valence-electron chi connectivity index (χ1n) is 4.89. The highest BCUT2D eigenvalue weighted by atomic mass is 16.5. The van der Waals surface area contributed by atoms with Crippen LogP contribution in [0.3, 0.4) is 0 Å². The molecule has 1 amide bonds. The number of methoxy groups -OCH3 is 1. The van der Waals surface area contributed by atoms with Gasteiger partial charge in [-0.25, -0.2) is 0 Å². The number of carbonyl (C=O) groups is 1. The van der Waals surface area contributed by atoms with Crippen LogP contribution in [0.2, 0.25) is 0 Å². The van der Waals surface area contributed by atoms with Crippen molar-refractivity contribution >= 4 is 5.91 Å². The van der Waals surface area contributed by atoms with Gasteiger partial charge in [-0.1, -0.05) is 0 Å². The molecular formula is C9H18N2O3. The largest absolute Gasteiger partial charge is 0.391 e. The predicted molar refractivity (Wildman–Crippen MR) is 51.9 cm³/mol. The zero-order valence-corrected chi connectivity index (χ0v) is 8.53. The van der Waals surface area contributed by atoms with Crippen molar-refractivity contribution in [3.8, 4) is 0 Å². The van der Waals surface area contributed by atoms with Crippen molar-refractivity contribution in [2.45, 2.75) is 12.5 Å². The van der Waals surface area contributed by atoms with Gasteiger partial charge in [-0.05, 0) is 6.42 Å². The quantitative estimate of drug-likeness (QED) is 0.551. The summed E-state index contributed by atoms with van der Waals surface area (Å²) in [6.07, 6.45) is 0.363. The number of carbonyl (C=O) groups excluding carboxylic acids is 1. The van der Waals surface area contributed by atoms with Crippen molar-refractivity contribution in [1.29, 1.82) is 0 Å². The summed E-state index contributed by atoms with van der Waals surface area (Å²) in [5.74, 6) is 0.0534. The standard InChI is InChI=1S/C9H18N2O3/c1-14-5-3-10-6-9(13)11-4-2-8(12)7-11/h8,10,12H,2-7H2,1H3/t8-/m1/s1. The van der Waals surface area contributed by atoms with Crippen molar-refractivity contribution in [3.05, 3.63) is 0 Å². The SMILES string of the molecule is COCCNCC(=O)N1CC[C@@H](O)C1. The Morgan fingerprint density at radius 3 is 3.07 bits per heavy atom. The molecule has 0 aliphatic carbocycles.